The molecule has 8 unspecified atom stereocenters. The van der Waals surface area contributed by atoms with Crippen LogP contribution in [0.15, 0.2) is 0 Å². The Morgan fingerprint density at radius 1 is 0.754 bits per heavy atom. The number of esters is 4. The summed E-state index contributed by atoms with van der Waals surface area (Å²) in [4.78, 5) is 48.3. The van der Waals surface area contributed by atoms with Crippen LogP contribution in [-0.4, -0.2) is 58.0 Å². The Morgan fingerprint density at radius 3 is 1.79 bits per heavy atom. The molecule has 0 amide bonds. The minimum Gasteiger partial charge on any atom is -0.459 e. The zero-order valence-electron chi connectivity index (χ0n) is 37.1. The highest BCUT2D eigenvalue weighted by atomic mass is 16.6. The first-order chi connectivity index (χ1) is 26.5. The lowest BCUT2D eigenvalue weighted by Crippen LogP contribution is -2.61. The van der Waals surface area contributed by atoms with E-state index in [9.17, 15) is 24.3 Å². The molecule has 10 aliphatic carbocycles. The van der Waals surface area contributed by atoms with Gasteiger partial charge in [0.2, 0.25) is 0 Å². The van der Waals surface area contributed by atoms with Crippen LogP contribution < -0.4 is 0 Å². The number of fused-ring (bicyclic) bond motifs is 1. The molecule has 0 aromatic rings. The smallest absolute Gasteiger partial charge is 0.312 e. The number of carbonyl (C=O) groups excluding carboxylic acids is 4. The summed E-state index contributed by atoms with van der Waals surface area (Å²) in [6, 6.07) is 0. The summed E-state index contributed by atoms with van der Waals surface area (Å²) in [5, 5.41) is 10.6. The van der Waals surface area contributed by atoms with Crippen molar-refractivity contribution < 1.29 is 43.2 Å². The van der Waals surface area contributed by atoms with Gasteiger partial charge in [-0.3, -0.25) is 19.2 Å². The van der Waals surface area contributed by atoms with Crippen molar-refractivity contribution in [2.45, 2.75) is 207 Å². The molecule has 0 aromatic heterocycles. The Bertz CT molecular complexity index is 1510. The van der Waals surface area contributed by atoms with Crippen LogP contribution in [0.2, 0.25) is 0 Å². The van der Waals surface area contributed by atoms with E-state index >= 15 is 0 Å². The lowest BCUT2D eigenvalue weighted by Gasteiger charge is -2.61. The third-order valence-corrected chi connectivity index (χ3v) is 17.5. The minimum atomic E-state index is -0.555. The maximum absolute atomic E-state index is 12.6. The topological polar surface area (TPSA) is 125 Å². The van der Waals surface area contributed by atoms with Gasteiger partial charge in [0.1, 0.15) is 23.4 Å². The summed E-state index contributed by atoms with van der Waals surface area (Å²) in [7, 11) is 0. The second kappa shape index (κ2) is 15.1. The standard InChI is InChI=1S/C19H32O2.C16H26O3.C13H18O4/c1-6-17(2,3)16(20)21-18(4,5)19-10-13-7-14(11-19)9-15(8-13)12-19;1-4-14(2,3)13(17)19-16-8-11-5-12(9-16)7-15(18,6-11)10-16;1-3-6(2)12(14)16-10-7-4-8-9(5-7)13(15)17-11(8)10/h13-15H,6-12H2,1-5H3;11-12,18H,4-10H2,1-3H3;6-11H,3-5H2,1-2H3. The molecule has 10 bridgehead atoms. The zero-order valence-corrected chi connectivity index (χ0v) is 37.1. The van der Waals surface area contributed by atoms with Gasteiger partial charge >= 0.3 is 23.9 Å². The van der Waals surface area contributed by atoms with Gasteiger partial charge < -0.3 is 24.1 Å². The quantitative estimate of drug-likeness (QED) is 0.170. The fourth-order valence-electron chi connectivity index (χ4n) is 13.7. The van der Waals surface area contributed by atoms with E-state index in [-0.39, 0.29) is 70.0 Å². The Labute approximate surface area is 343 Å². The van der Waals surface area contributed by atoms with Crippen LogP contribution in [-0.2, 0) is 38.1 Å². The number of carbonyl (C=O) groups is 4. The van der Waals surface area contributed by atoms with Crippen molar-refractivity contribution in [1.29, 1.82) is 0 Å². The van der Waals surface area contributed by atoms with E-state index in [1.165, 1.54) is 44.9 Å². The first-order valence-corrected chi connectivity index (χ1v) is 23.1. The molecule has 1 N–H and O–H groups in total. The lowest BCUT2D eigenvalue weighted by molar-refractivity contribution is -0.225. The molecule has 1 aliphatic heterocycles. The van der Waals surface area contributed by atoms with Crippen molar-refractivity contribution in [3.63, 3.8) is 0 Å². The third-order valence-electron chi connectivity index (χ3n) is 17.5. The van der Waals surface area contributed by atoms with Crippen LogP contribution >= 0.6 is 0 Å². The van der Waals surface area contributed by atoms with Gasteiger partial charge in [-0.1, -0.05) is 27.7 Å². The summed E-state index contributed by atoms with van der Waals surface area (Å²) in [6.07, 6.45) is 17.7. The minimum absolute atomic E-state index is 0.00857. The van der Waals surface area contributed by atoms with Crippen molar-refractivity contribution in [1.82, 2.24) is 0 Å². The molecule has 10 saturated carbocycles. The number of rotatable bonds is 10. The van der Waals surface area contributed by atoms with Gasteiger partial charge in [0.25, 0.3) is 0 Å². The van der Waals surface area contributed by atoms with Gasteiger partial charge in [0.15, 0.2) is 0 Å². The number of ether oxygens (including phenoxy) is 4. The molecule has 0 spiro atoms. The van der Waals surface area contributed by atoms with Gasteiger partial charge in [-0.05, 0) is 174 Å². The van der Waals surface area contributed by atoms with E-state index < -0.39 is 11.0 Å². The first kappa shape index (κ1) is 42.9. The van der Waals surface area contributed by atoms with Crippen molar-refractivity contribution in [2.24, 2.45) is 69.5 Å². The number of hydrogen-bond acceptors (Lipinski definition) is 9. The Balaban J connectivity index is 0.000000131. The van der Waals surface area contributed by atoms with Crippen molar-refractivity contribution in [3.05, 3.63) is 0 Å². The molecule has 11 aliphatic rings. The zero-order chi connectivity index (χ0) is 41.5. The van der Waals surface area contributed by atoms with Crippen molar-refractivity contribution >= 4 is 23.9 Å². The maximum atomic E-state index is 12.6. The summed E-state index contributed by atoms with van der Waals surface area (Å²) < 4.78 is 23.0. The summed E-state index contributed by atoms with van der Waals surface area (Å²) in [5.74, 6) is 4.16. The van der Waals surface area contributed by atoms with E-state index in [1.54, 1.807) is 0 Å². The van der Waals surface area contributed by atoms with Crippen LogP contribution in [0.4, 0.5) is 0 Å². The Morgan fingerprint density at radius 2 is 1.28 bits per heavy atom. The molecular weight excluding hydrogens is 721 g/mol. The second-order valence-electron chi connectivity index (χ2n) is 22.9. The highest BCUT2D eigenvalue weighted by Crippen LogP contribution is 2.65. The predicted molar refractivity (Wildman–Crippen MR) is 216 cm³/mol. The van der Waals surface area contributed by atoms with Crippen LogP contribution in [0, 0.1) is 69.5 Å². The molecule has 322 valence electrons. The molecule has 9 heteroatoms. The third kappa shape index (κ3) is 8.08. The molecule has 11 rings (SSSR count). The molecule has 0 aromatic carbocycles. The van der Waals surface area contributed by atoms with E-state index in [2.05, 4.69) is 20.8 Å². The van der Waals surface area contributed by atoms with Crippen LogP contribution in [0.5, 0.6) is 0 Å². The average molecular weight is 797 g/mol. The number of aliphatic hydroxyl groups is 1. The van der Waals surface area contributed by atoms with E-state index in [1.807, 2.05) is 48.5 Å². The molecule has 8 atom stereocenters. The van der Waals surface area contributed by atoms with Crippen LogP contribution in [0.3, 0.4) is 0 Å². The largest absolute Gasteiger partial charge is 0.459 e. The predicted octanol–water partition coefficient (Wildman–Crippen LogP) is 9.54. The van der Waals surface area contributed by atoms with Crippen LogP contribution in [0.25, 0.3) is 0 Å². The van der Waals surface area contributed by atoms with Gasteiger partial charge in [-0.15, -0.1) is 0 Å². The monoisotopic (exact) mass is 797 g/mol. The van der Waals surface area contributed by atoms with Gasteiger partial charge in [-0.2, -0.15) is 0 Å². The molecular formula is C48H76O9. The Kier molecular flexibility index (Phi) is 11.4. The first-order valence-electron chi connectivity index (χ1n) is 23.1. The van der Waals surface area contributed by atoms with Crippen molar-refractivity contribution in [2.75, 3.05) is 0 Å². The number of hydrogen-bond donors (Lipinski definition) is 1. The fraction of sp³-hybridized carbons (Fsp3) is 0.917. The van der Waals surface area contributed by atoms with E-state index in [4.69, 9.17) is 18.9 Å². The maximum Gasteiger partial charge on any atom is 0.312 e. The fourth-order valence-corrected chi connectivity index (χ4v) is 13.7. The molecule has 57 heavy (non-hydrogen) atoms. The summed E-state index contributed by atoms with van der Waals surface area (Å²) in [5.41, 5.74) is -1.75. The molecule has 11 fully saturated rings. The molecule has 1 heterocycles. The van der Waals surface area contributed by atoms with E-state index in [0.29, 0.717) is 30.1 Å². The SMILES string of the molecule is CCC(C)(C)C(=O)OC(C)(C)C12CC3CC(CC(C3)C1)C2.CCC(C)(C)C(=O)OC12CC3CC(CC(O)(C3)C1)C2.CCC(C)C(=O)OC1C2CC3C(=O)OC1C3C2. The molecule has 9 nitrogen and oxygen atoms in total. The highest BCUT2D eigenvalue weighted by Gasteiger charge is 2.64. The lowest BCUT2D eigenvalue weighted by atomic mass is 9.46. The average Bonchev–Trinajstić information content (AvgIpc) is 3.75. The normalized spacial score (nSPS) is 42.1. The highest BCUT2D eigenvalue weighted by molar-refractivity contribution is 5.78. The van der Waals surface area contributed by atoms with Gasteiger partial charge in [-0.25, -0.2) is 0 Å². The second-order valence-corrected chi connectivity index (χ2v) is 22.9. The summed E-state index contributed by atoms with van der Waals surface area (Å²) >= 11 is 0. The summed E-state index contributed by atoms with van der Waals surface area (Å²) in [6.45, 7) is 20.2. The van der Waals surface area contributed by atoms with E-state index in [0.717, 1.165) is 75.5 Å². The van der Waals surface area contributed by atoms with Crippen LogP contribution in [0.1, 0.15) is 178 Å². The molecule has 0 radical (unpaired) electrons. The Hall–Kier alpha value is -2.16. The van der Waals surface area contributed by atoms with Crippen molar-refractivity contribution in [3.8, 4) is 0 Å². The van der Waals surface area contributed by atoms with Gasteiger partial charge in [0.05, 0.1) is 28.3 Å². The molecule has 1 saturated heterocycles. The van der Waals surface area contributed by atoms with Gasteiger partial charge in [0, 0.05) is 23.7 Å².